The maximum absolute atomic E-state index is 14.2. The molecular formula is C32H42N4O5S. The Labute approximate surface area is 252 Å². The Bertz CT molecular complexity index is 1370. The highest BCUT2D eigenvalue weighted by atomic mass is 32.1. The standard InChI is InChI=1S/C32H42N4O5S/c1-21(35(2)3)30(37)34-29(23-13-16-40-17-14-23)32(38)36-15-7-10-26(36)31-33-25(20-42-31)28-24-9-6-5-8-22(24)11-12-27(28)41-19-18-39-4/h5-6,8-9,11-12,20-21,23,26,29H,7,10,13-19H2,1-4H3,(H,34,37)/t21-,26-,29-/m0/s1. The highest BCUT2D eigenvalue weighted by Gasteiger charge is 2.40. The van der Waals surface area contributed by atoms with Crippen molar-refractivity contribution in [2.75, 3.05) is 54.2 Å². The molecule has 2 aliphatic heterocycles. The highest BCUT2D eigenvalue weighted by molar-refractivity contribution is 7.10. The number of carbonyl (C=O) groups excluding carboxylic acids is 2. The molecule has 2 fully saturated rings. The fourth-order valence-electron chi connectivity index (χ4n) is 5.83. The van der Waals surface area contributed by atoms with Crippen LogP contribution < -0.4 is 10.1 Å². The zero-order valence-corrected chi connectivity index (χ0v) is 25.8. The Balaban J connectivity index is 1.43. The van der Waals surface area contributed by atoms with Crippen LogP contribution in [0.1, 0.15) is 43.7 Å². The van der Waals surface area contributed by atoms with Crippen LogP contribution in [-0.4, -0.2) is 92.9 Å². The Morgan fingerprint density at radius 1 is 1.14 bits per heavy atom. The van der Waals surface area contributed by atoms with E-state index in [-0.39, 0.29) is 29.8 Å². The molecule has 0 bridgehead atoms. The molecule has 0 saturated carbocycles. The molecule has 0 radical (unpaired) electrons. The number of likely N-dealkylation sites (N-methyl/N-ethyl adjacent to an activating group) is 1. The van der Waals surface area contributed by atoms with E-state index in [9.17, 15) is 9.59 Å². The van der Waals surface area contributed by atoms with Crippen molar-refractivity contribution < 1.29 is 23.8 Å². The first-order valence-corrected chi connectivity index (χ1v) is 15.7. The number of hydrogen-bond donors (Lipinski definition) is 1. The predicted molar refractivity (Wildman–Crippen MR) is 165 cm³/mol. The number of nitrogens with one attached hydrogen (secondary N) is 1. The monoisotopic (exact) mass is 594 g/mol. The molecule has 1 aromatic heterocycles. The smallest absolute Gasteiger partial charge is 0.246 e. The first kappa shape index (κ1) is 30.4. The molecule has 0 spiro atoms. The summed E-state index contributed by atoms with van der Waals surface area (Å²) in [5.41, 5.74) is 1.79. The summed E-state index contributed by atoms with van der Waals surface area (Å²) in [6.45, 7) is 4.65. The maximum atomic E-state index is 14.2. The number of aromatic nitrogens is 1. The van der Waals surface area contributed by atoms with Crippen molar-refractivity contribution in [1.82, 2.24) is 20.1 Å². The van der Waals surface area contributed by atoms with E-state index in [1.54, 1.807) is 18.4 Å². The lowest BCUT2D eigenvalue weighted by molar-refractivity contribution is -0.140. The number of fused-ring (bicyclic) bond motifs is 1. The first-order valence-electron chi connectivity index (χ1n) is 14.8. The lowest BCUT2D eigenvalue weighted by Gasteiger charge is -2.35. The lowest BCUT2D eigenvalue weighted by Crippen LogP contribution is -2.56. The van der Waals surface area contributed by atoms with Crippen LogP contribution in [0.3, 0.4) is 0 Å². The third-order valence-corrected chi connectivity index (χ3v) is 9.44. The molecule has 42 heavy (non-hydrogen) atoms. The van der Waals surface area contributed by atoms with E-state index in [1.807, 2.05) is 49.0 Å². The summed E-state index contributed by atoms with van der Waals surface area (Å²) in [6, 6.07) is 11.2. The number of ether oxygens (including phenoxy) is 3. The summed E-state index contributed by atoms with van der Waals surface area (Å²) in [5, 5.41) is 8.29. The number of likely N-dealkylation sites (tertiary alicyclic amines) is 1. The zero-order valence-electron chi connectivity index (χ0n) is 25.0. The summed E-state index contributed by atoms with van der Waals surface area (Å²) < 4.78 is 16.9. The molecule has 2 amide bonds. The molecule has 0 unspecified atom stereocenters. The minimum atomic E-state index is -0.581. The van der Waals surface area contributed by atoms with Crippen LogP contribution in [0.2, 0.25) is 0 Å². The number of nitrogens with zero attached hydrogens (tertiary/aromatic N) is 3. The quantitative estimate of drug-likeness (QED) is 0.327. The summed E-state index contributed by atoms with van der Waals surface area (Å²) >= 11 is 1.58. The minimum absolute atomic E-state index is 0.0193. The number of hydrogen-bond acceptors (Lipinski definition) is 8. The van der Waals surface area contributed by atoms with E-state index in [0.717, 1.165) is 58.5 Å². The van der Waals surface area contributed by atoms with E-state index in [0.29, 0.717) is 33.0 Å². The molecule has 0 aliphatic carbocycles. The van der Waals surface area contributed by atoms with E-state index < -0.39 is 6.04 Å². The maximum Gasteiger partial charge on any atom is 0.246 e. The first-order chi connectivity index (χ1) is 20.4. The SMILES string of the molecule is COCCOc1ccc2ccccc2c1-c1csc([C@@H]2CCCN2C(=O)[C@@H](NC(=O)[C@H](C)N(C)C)C2CCOCC2)n1. The van der Waals surface area contributed by atoms with E-state index in [1.165, 1.54) is 0 Å². The van der Waals surface area contributed by atoms with Crippen molar-refractivity contribution in [1.29, 1.82) is 0 Å². The van der Waals surface area contributed by atoms with Gasteiger partial charge in [0, 0.05) is 32.2 Å². The lowest BCUT2D eigenvalue weighted by atomic mass is 9.90. The molecule has 5 rings (SSSR count). The van der Waals surface area contributed by atoms with Crippen molar-refractivity contribution in [3.8, 4) is 17.0 Å². The van der Waals surface area contributed by atoms with Gasteiger partial charge >= 0.3 is 0 Å². The molecule has 3 heterocycles. The third-order valence-electron chi connectivity index (χ3n) is 8.49. The molecule has 9 nitrogen and oxygen atoms in total. The van der Waals surface area contributed by atoms with Gasteiger partial charge in [0.05, 0.1) is 29.9 Å². The minimum Gasteiger partial charge on any atom is -0.490 e. The van der Waals surface area contributed by atoms with Crippen molar-refractivity contribution in [3.05, 3.63) is 46.8 Å². The summed E-state index contributed by atoms with van der Waals surface area (Å²) in [5.74, 6) is 0.655. The van der Waals surface area contributed by atoms with Gasteiger partial charge in [-0.25, -0.2) is 4.98 Å². The second-order valence-electron chi connectivity index (χ2n) is 11.3. The van der Waals surface area contributed by atoms with Crippen molar-refractivity contribution in [2.24, 2.45) is 5.92 Å². The summed E-state index contributed by atoms with van der Waals surface area (Å²) in [7, 11) is 5.40. The van der Waals surface area contributed by atoms with Gasteiger partial charge in [0.15, 0.2) is 0 Å². The van der Waals surface area contributed by atoms with Crippen molar-refractivity contribution in [2.45, 2.75) is 50.7 Å². The fraction of sp³-hybridized carbons (Fsp3) is 0.531. The van der Waals surface area contributed by atoms with Gasteiger partial charge in [-0.05, 0) is 69.5 Å². The van der Waals surface area contributed by atoms with Crippen LogP contribution in [0.5, 0.6) is 5.75 Å². The number of methoxy groups -OCH3 is 1. The number of amides is 2. The number of benzene rings is 2. The molecule has 3 atom stereocenters. The van der Waals surface area contributed by atoms with Crippen LogP contribution >= 0.6 is 11.3 Å². The summed E-state index contributed by atoms with van der Waals surface area (Å²) in [6.07, 6.45) is 3.24. The van der Waals surface area contributed by atoms with Gasteiger partial charge in [-0.2, -0.15) is 0 Å². The Morgan fingerprint density at radius 3 is 2.69 bits per heavy atom. The van der Waals surface area contributed by atoms with Gasteiger partial charge in [0.2, 0.25) is 11.8 Å². The topological polar surface area (TPSA) is 93.2 Å². The van der Waals surface area contributed by atoms with Gasteiger partial charge in [0.1, 0.15) is 23.4 Å². The summed E-state index contributed by atoms with van der Waals surface area (Å²) in [4.78, 5) is 36.3. The molecule has 3 aromatic rings. The van der Waals surface area contributed by atoms with Crippen molar-refractivity contribution >= 4 is 33.9 Å². The van der Waals surface area contributed by atoms with Gasteiger partial charge in [-0.15, -0.1) is 11.3 Å². The Hall–Kier alpha value is -3.05. The molecule has 10 heteroatoms. The van der Waals surface area contributed by atoms with E-state index >= 15 is 0 Å². The van der Waals surface area contributed by atoms with E-state index in [2.05, 4.69) is 28.9 Å². The Morgan fingerprint density at radius 2 is 1.93 bits per heavy atom. The van der Waals surface area contributed by atoms with Crippen LogP contribution in [0.15, 0.2) is 41.8 Å². The number of thiazole rings is 1. The fourth-order valence-corrected chi connectivity index (χ4v) is 6.79. The average Bonchev–Trinajstić information content (AvgIpc) is 3.69. The second kappa shape index (κ2) is 13.9. The van der Waals surface area contributed by atoms with Crippen molar-refractivity contribution in [3.63, 3.8) is 0 Å². The van der Waals surface area contributed by atoms with Gasteiger partial charge in [-0.1, -0.05) is 30.3 Å². The molecule has 2 aliphatic rings. The van der Waals surface area contributed by atoms with Crippen LogP contribution in [-0.2, 0) is 19.1 Å². The van der Waals surface area contributed by atoms with Crippen LogP contribution in [0.4, 0.5) is 0 Å². The normalized spacial score (nSPS) is 19.3. The predicted octanol–water partition coefficient (Wildman–Crippen LogP) is 4.51. The van der Waals surface area contributed by atoms with E-state index in [4.69, 9.17) is 19.2 Å². The second-order valence-corrected chi connectivity index (χ2v) is 12.2. The third kappa shape index (κ3) is 6.62. The largest absolute Gasteiger partial charge is 0.490 e. The zero-order chi connectivity index (χ0) is 29.6. The highest BCUT2D eigenvalue weighted by Crippen LogP contribution is 2.41. The molecule has 2 saturated heterocycles. The van der Waals surface area contributed by atoms with Gasteiger partial charge in [-0.3, -0.25) is 14.5 Å². The number of rotatable bonds is 11. The molecule has 1 N–H and O–H groups in total. The van der Waals surface area contributed by atoms with Crippen LogP contribution in [0.25, 0.3) is 22.0 Å². The number of carbonyl (C=O) groups is 2. The Kier molecular flexibility index (Phi) is 10.1. The average molecular weight is 595 g/mol. The van der Waals surface area contributed by atoms with Crippen LogP contribution in [0, 0.1) is 5.92 Å². The van der Waals surface area contributed by atoms with Gasteiger partial charge < -0.3 is 24.4 Å². The molecular weight excluding hydrogens is 552 g/mol. The van der Waals surface area contributed by atoms with Gasteiger partial charge in [0.25, 0.3) is 0 Å². The molecule has 2 aromatic carbocycles. The molecule has 226 valence electrons.